The maximum atomic E-state index is 12.6. The van der Waals surface area contributed by atoms with Gasteiger partial charge in [-0.1, -0.05) is 39.8 Å². The lowest BCUT2D eigenvalue weighted by Crippen LogP contribution is -2.41. The zero-order valence-corrected chi connectivity index (χ0v) is 14.8. The van der Waals surface area contributed by atoms with Gasteiger partial charge in [0.25, 0.3) is 5.91 Å². The van der Waals surface area contributed by atoms with Crippen molar-refractivity contribution in [2.75, 3.05) is 0 Å². The molecule has 0 radical (unpaired) electrons. The molecule has 126 valence electrons. The van der Waals surface area contributed by atoms with E-state index in [1.807, 2.05) is 0 Å². The van der Waals surface area contributed by atoms with Crippen molar-refractivity contribution in [3.63, 3.8) is 0 Å². The van der Waals surface area contributed by atoms with Gasteiger partial charge in [0.05, 0.1) is 0 Å². The first-order valence-corrected chi connectivity index (χ1v) is 8.23. The van der Waals surface area contributed by atoms with E-state index >= 15 is 0 Å². The highest BCUT2D eigenvalue weighted by Crippen LogP contribution is 2.36. The lowest BCUT2D eigenvalue weighted by molar-refractivity contribution is 0.0902. The number of hydrogen-bond donors (Lipinski definition) is 2. The van der Waals surface area contributed by atoms with Gasteiger partial charge in [-0.3, -0.25) is 4.79 Å². The number of carbonyl (C=O) groups is 1. The van der Waals surface area contributed by atoms with Crippen molar-refractivity contribution < 1.29 is 9.90 Å². The molecule has 1 aromatic heterocycles. The van der Waals surface area contributed by atoms with Crippen LogP contribution in [-0.2, 0) is 0 Å². The first kappa shape index (κ1) is 17.5. The smallest absolute Gasteiger partial charge is 0.273 e. The van der Waals surface area contributed by atoms with Gasteiger partial charge < -0.3 is 10.4 Å². The molecule has 1 unspecified atom stereocenters. The second-order valence-electron chi connectivity index (χ2n) is 8.16. The zero-order valence-electron chi connectivity index (χ0n) is 14.8. The Morgan fingerprint density at radius 1 is 1.30 bits per heavy atom. The van der Waals surface area contributed by atoms with Gasteiger partial charge in [0.1, 0.15) is 5.75 Å². The molecular formula is C19H28N2O2. The van der Waals surface area contributed by atoms with E-state index in [1.165, 1.54) is 0 Å². The van der Waals surface area contributed by atoms with Gasteiger partial charge in [0.15, 0.2) is 5.69 Å². The summed E-state index contributed by atoms with van der Waals surface area (Å²) in [4.78, 5) is 16.6. The van der Waals surface area contributed by atoms with Gasteiger partial charge >= 0.3 is 0 Å². The molecule has 0 aromatic carbocycles. The summed E-state index contributed by atoms with van der Waals surface area (Å²) in [7, 11) is 0. The molecule has 23 heavy (non-hydrogen) atoms. The summed E-state index contributed by atoms with van der Waals surface area (Å²) >= 11 is 0. The first-order chi connectivity index (χ1) is 10.6. The van der Waals surface area contributed by atoms with E-state index in [4.69, 9.17) is 0 Å². The van der Waals surface area contributed by atoms with E-state index in [1.54, 1.807) is 19.2 Å². The Kier molecular flexibility index (Phi) is 4.83. The second-order valence-corrected chi connectivity index (χ2v) is 8.16. The quantitative estimate of drug-likeness (QED) is 0.811. The Labute approximate surface area is 139 Å². The molecule has 0 saturated heterocycles. The summed E-state index contributed by atoms with van der Waals surface area (Å²) in [5.41, 5.74) is 0.938. The molecule has 0 aliphatic heterocycles. The highest BCUT2D eigenvalue weighted by molar-refractivity contribution is 5.95. The van der Waals surface area contributed by atoms with Crippen LogP contribution in [0.2, 0.25) is 0 Å². The van der Waals surface area contributed by atoms with Crippen LogP contribution in [0.4, 0.5) is 0 Å². The van der Waals surface area contributed by atoms with Crippen LogP contribution in [0.5, 0.6) is 5.75 Å². The van der Waals surface area contributed by atoms with Crippen LogP contribution in [-0.4, -0.2) is 22.0 Å². The van der Waals surface area contributed by atoms with Crippen molar-refractivity contribution in [3.8, 4) is 5.75 Å². The number of nitrogens with zero attached hydrogens (tertiary/aromatic N) is 1. The zero-order chi connectivity index (χ0) is 17.3. The van der Waals surface area contributed by atoms with Crippen molar-refractivity contribution in [1.29, 1.82) is 0 Å². The summed E-state index contributed by atoms with van der Waals surface area (Å²) in [5.74, 6) is -0.332. The molecule has 0 saturated carbocycles. The Morgan fingerprint density at radius 3 is 2.70 bits per heavy atom. The van der Waals surface area contributed by atoms with Crippen molar-refractivity contribution in [2.45, 2.75) is 59.9 Å². The molecule has 0 fully saturated rings. The van der Waals surface area contributed by atoms with Crippen LogP contribution in [0.15, 0.2) is 24.4 Å². The molecule has 1 amide bonds. The maximum absolute atomic E-state index is 12.6. The van der Waals surface area contributed by atoms with Crippen molar-refractivity contribution in [2.24, 2.45) is 10.8 Å². The predicted molar refractivity (Wildman–Crippen MR) is 92.4 cm³/mol. The average molecular weight is 316 g/mol. The second kappa shape index (κ2) is 6.34. The van der Waals surface area contributed by atoms with Crippen LogP contribution in [0.3, 0.4) is 0 Å². The molecule has 1 aliphatic carbocycles. The van der Waals surface area contributed by atoms with E-state index in [0.29, 0.717) is 5.56 Å². The fourth-order valence-electron chi connectivity index (χ4n) is 3.30. The van der Waals surface area contributed by atoms with Gasteiger partial charge in [0, 0.05) is 12.2 Å². The van der Waals surface area contributed by atoms with E-state index in [-0.39, 0.29) is 34.2 Å². The van der Waals surface area contributed by atoms with Crippen LogP contribution < -0.4 is 5.32 Å². The van der Waals surface area contributed by atoms with E-state index in [9.17, 15) is 9.90 Å². The summed E-state index contributed by atoms with van der Waals surface area (Å²) in [6.07, 6.45) is 8.82. The normalized spacial score (nSPS) is 24.3. The molecule has 0 bridgehead atoms. The number of aromatic hydroxyl groups is 1. The topological polar surface area (TPSA) is 62.2 Å². The predicted octanol–water partition coefficient (Wildman–Crippen LogP) is 3.99. The molecule has 4 nitrogen and oxygen atoms in total. The van der Waals surface area contributed by atoms with Gasteiger partial charge in [-0.25, -0.2) is 4.98 Å². The number of nitrogens with one attached hydrogen (secondary N) is 1. The SMILES string of the molecule is Cc1ccnc(C(=O)NC2CC(C)(C)/C=C\CC(C)(C)C2)c1O. The minimum atomic E-state index is -0.299. The number of pyridine rings is 1. The number of aryl methyl sites for hydroxylation is 1. The monoisotopic (exact) mass is 316 g/mol. The molecule has 4 heteroatoms. The van der Waals surface area contributed by atoms with Crippen LogP contribution in [0, 0.1) is 17.8 Å². The molecule has 1 atom stereocenters. The third-order valence-corrected chi connectivity index (χ3v) is 4.49. The average Bonchev–Trinajstić information content (AvgIpc) is 2.38. The minimum absolute atomic E-state index is 0.0331. The largest absolute Gasteiger partial charge is 0.505 e. The highest BCUT2D eigenvalue weighted by Gasteiger charge is 2.31. The molecule has 1 aliphatic rings. The summed E-state index contributed by atoms with van der Waals surface area (Å²) in [6.45, 7) is 10.6. The number of aromatic nitrogens is 1. The third-order valence-electron chi connectivity index (χ3n) is 4.49. The number of hydrogen-bond acceptors (Lipinski definition) is 3. The highest BCUT2D eigenvalue weighted by atomic mass is 16.3. The molecule has 1 heterocycles. The standard InChI is InChI=1S/C19H28N2O2/c1-13-7-10-20-15(16(13)22)17(23)21-14-11-18(2,3)8-6-9-19(4,5)12-14/h6-8,10,14,22H,9,11-12H2,1-5H3,(H,21,23)/b8-6-. The van der Waals surface area contributed by atoms with Crippen molar-refractivity contribution in [3.05, 3.63) is 35.7 Å². The fourth-order valence-corrected chi connectivity index (χ4v) is 3.30. The lowest BCUT2D eigenvalue weighted by atomic mass is 9.74. The Balaban J connectivity index is 2.20. The summed E-state index contributed by atoms with van der Waals surface area (Å²) in [5, 5.41) is 13.2. The van der Waals surface area contributed by atoms with Gasteiger partial charge in [-0.05, 0) is 48.6 Å². The lowest BCUT2D eigenvalue weighted by Gasteiger charge is -2.36. The van der Waals surface area contributed by atoms with Gasteiger partial charge in [-0.2, -0.15) is 0 Å². The van der Waals surface area contributed by atoms with E-state index in [0.717, 1.165) is 19.3 Å². The number of rotatable bonds is 2. The van der Waals surface area contributed by atoms with Crippen LogP contribution >= 0.6 is 0 Å². The Hall–Kier alpha value is -1.84. The molecule has 2 N–H and O–H groups in total. The molecule has 0 spiro atoms. The Morgan fingerprint density at radius 2 is 2.00 bits per heavy atom. The molecule has 2 rings (SSSR count). The van der Waals surface area contributed by atoms with E-state index < -0.39 is 0 Å². The number of allylic oxidation sites excluding steroid dienone is 2. The first-order valence-electron chi connectivity index (χ1n) is 8.23. The van der Waals surface area contributed by atoms with E-state index in [2.05, 4.69) is 50.1 Å². The summed E-state index contributed by atoms with van der Waals surface area (Å²) < 4.78 is 0. The number of carbonyl (C=O) groups excluding carboxylic acids is 1. The van der Waals surface area contributed by atoms with Crippen molar-refractivity contribution >= 4 is 5.91 Å². The number of amides is 1. The third kappa shape index (κ3) is 4.57. The van der Waals surface area contributed by atoms with Gasteiger partial charge in [-0.15, -0.1) is 0 Å². The Bertz CT molecular complexity index is 618. The maximum Gasteiger partial charge on any atom is 0.273 e. The van der Waals surface area contributed by atoms with Gasteiger partial charge in [0.2, 0.25) is 0 Å². The van der Waals surface area contributed by atoms with Crippen LogP contribution in [0.1, 0.15) is 63.0 Å². The molecule has 1 aromatic rings. The fraction of sp³-hybridized carbons (Fsp3) is 0.579. The minimum Gasteiger partial charge on any atom is -0.505 e. The van der Waals surface area contributed by atoms with Crippen LogP contribution in [0.25, 0.3) is 0 Å². The summed E-state index contributed by atoms with van der Waals surface area (Å²) in [6, 6.07) is 1.75. The van der Waals surface area contributed by atoms with Crippen molar-refractivity contribution in [1.82, 2.24) is 10.3 Å². The molecular weight excluding hydrogens is 288 g/mol.